The maximum atomic E-state index is 6.26. The SMILES string of the molecule is CCN1CCC(OC2CCN(CC)CC2)CC1. The summed E-state index contributed by atoms with van der Waals surface area (Å²) in [4.78, 5) is 5.05. The highest BCUT2D eigenvalue weighted by molar-refractivity contribution is 4.76. The number of ether oxygens (including phenoxy) is 1. The summed E-state index contributed by atoms with van der Waals surface area (Å²) in [7, 11) is 0. The third kappa shape index (κ3) is 3.94. The number of hydrogen-bond acceptors (Lipinski definition) is 3. The zero-order chi connectivity index (χ0) is 12.1. The Balaban J connectivity index is 1.65. The first-order valence-corrected chi connectivity index (χ1v) is 7.42. The average Bonchev–Trinajstić information content (AvgIpc) is 2.40. The zero-order valence-electron chi connectivity index (χ0n) is 11.5. The third-order valence-electron chi connectivity index (χ3n) is 4.35. The van der Waals surface area contributed by atoms with Crippen LogP contribution in [0.3, 0.4) is 0 Å². The van der Waals surface area contributed by atoms with Crippen LogP contribution >= 0.6 is 0 Å². The van der Waals surface area contributed by atoms with Crippen molar-refractivity contribution >= 4 is 0 Å². The van der Waals surface area contributed by atoms with Gasteiger partial charge in [0, 0.05) is 26.2 Å². The van der Waals surface area contributed by atoms with Gasteiger partial charge in [0.05, 0.1) is 12.2 Å². The second kappa shape index (κ2) is 6.72. The van der Waals surface area contributed by atoms with Gasteiger partial charge in [-0.05, 0) is 38.8 Å². The lowest BCUT2D eigenvalue weighted by Crippen LogP contribution is -2.41. The fourth-order valence-electron chi connectivity index (χ4n) is 3.00. The number of likely N-dealkylation sites (tertiary alicyclic amines) is 2. The van der Waals surface area contributed by atoms with E-state index in [1.165, 1.54) is 65.0 Å². The maximum Gasteiger partial charge on any atom is 0.0603 e. The van der Waals surface area contributed by atoms with Gasteiger partial charge in [0.2, 0.25) is 0 Å². The quantitative estimate of drug-likeness (QED) is 0.747. The molecular weight excluding hydrogens is 212 g/mol. The first kappa shape index (κ1) is 13.3. The number of piperidine rings is 2. The number of nitrogens with zero attached hydrogens (tertiary/aromatic N) is 2. The normalized spacial score (nSPS) is 26.5. The van der Waals surface area contributed by atoms with Crippen LogP contribution in [0.5, 0.6) is 0 Å². The van der Waals surface area contributed by atoms with Crippen molar-refractivity contribution in [2.75, 3.05) is 39.3 Å². The van der Waals surface area contributed by atoms with E-state index in [-0.39, 0.29) is 0 Å². The molecule has 0 amide bonds. The molecule has 2 aliphatic heterocycles. The van der Waals surface area contributed by atoms with E-state index >= 15 is 0 Å². The van der Waals surface area contributed by atoms with Crippen molar-refractivity contribution < 1.29 is 4.74 Å². The van der Waals surface area contributed by atoms with E-state index in [0.29, 0.717) is 12.2 Å². The second-order valence-electron chi connectivity index (χ2n) is 5.40. The van der Waals surface area contributed by atoms with Crippen molar-refractivity contribution in [1.29, 1.82) is 0 Å². The van der Waals surface area contributed by atoms with E-state index in [1.54, 1.807) is 0 Å². The summed E-state index contributed by atoms with van der Waals surface area (Å²) in [6.45, 7) is 11.8. The maximum absolute atomic E-state index is 6.26. The molecule has 2 heterocycles. The summed E-state index contributed by atoms with van der Waals surface area (Å²) in [5, 5.41) is 0. The fraction of sp³-hybridized carbons (Fsp3) is 1.00. The van der Waals surface area contributed by atoms with Crippen molar-refractivity contribution in [3.63, 3.8) is 0 Å². The predicted molar refractivity (Wildman–Crippen MR) is 71.4 cm³/mol. The van der Waals surface area contributed by atoms with Crippen LogP contribution in [0.4, 0.5) is 0 Å². The molecule has 0 aliphatic carbocycles. The summed E-state index contributed by atoms with van der Waals surface area (Å²) in [5.74, 6) is 0. The first-order valence-electron chi connectivity index (χ1n) is 7.42. The van der Waals surface area contributed by atoms with Gasteiger partial charge in [0.1, 0.15) is 0 Å². The second-order valence-corrected chi connectivity index (χ2v) is 5.40. The minimum atomic E-state index is 0.538. The molecule has 0 bridgehead atoms. The standard InChI is InChI=1S/C14H28N2O/c1-3-15-9-5-13(6-10-15)17-14-7-11-16(4-2)12-8-14/h13-14H,3-12H2,1-2H3. The molecule has 3 nitrogen and oxygen atoms in total. The molecule has 0 unspecified atom stereocenters. The molecule has 3 heteroatoms. The van der Waals surface area contributed by atoms with Crippen LogP contribution in [0.1, 0.15) is 39.5 Å². The lowest BCUT2D eigenvalue weighted by atomic mass is 10.0. The lowest BCUT2D eigenvalue weighted by Gasteiger charge is -2.36. The molecule has 0 atom stereocenters. The number of hydrogen-bond donors (Lipinski definition) is 0. The Labute approximate surface area is 106 Å². The van der Waals surface area contributed by atoms with Crippen LogP contribution < -0.4 is 0 Å². The van der Waals surface area contributed by atoms with E-state index in [0.717, 1.165) is 0 Å². The van der Waals surface area contributed by atoms with Crippen LogP contribution in [0.25, 0.3) is 0 Å². The average molecular weight is 240 g/mol. The van der Waals surface area contributed by atoms with E-state index in [1.807, 2.05) is 0 Å². The summed E-state index contributed by atoms with van der Waals surface area (Å²) < 4.78 is 6.26. The highest BCUT2D eigenvalue weighted by Gasteiger charge is 2.24. The van der Waals surface area contributed by atoms with Crippen molar-refractivity contribution in [1.82, 2.24) is 9.80 Å². The van der Waals surface area contributed by atoms with Gasteiger partial charge >= 0.3 is 0 Å². The Kier molecular flexibility index (Phi) is 5.26. The van der Waals surface area contributed by atoms with Gasteiger partial charge in [-0.3, -0.25) is 0 Å². The van der Waals surface area contributed by atoms with Crippen LogP contribution in [0.2, 0.25) is 0 Å². The molecule has 0 aromatic carbocycles. The van der Waals surface area contributed by atoms with Crippen molar-refractivity contribution in [3.8, 4) is 0 Å². The van der Waals surface area contributed by atoms with Crippen LogP contribution in [-0.4, -0.2) is 61.3 Å². The van der Waals surface area contributed by atoms with Gasteiger partial charge in [-0.2, -0.15) is 0 Å². The molecule has 17 heavy (non-hydrogen) atoms. The predicted octanol–water partition coefficient (Wildman–Crippen LogP) is 1.97. The molecule has 2 aliphatic rings. The zero-order valence-corrected chi connectivity index (χ0v) is 11.5. The van der Waals surface area contributed by atoms with Crippen molar-refractivity contribution in [2.24, 2.45) is 0 Å². The molecule has 0 aromatic rings. The first-order chi connectivity index (χ1) is 8.31. The van der Waals surface area contributed by atoms with Gasteiger partial charge in [0.15, 0.2) is 0 Å². The van der Waals surface area contributed by atoms with Crippen LogP contribution in [-0.2, 0) is 4.74 Å². The largest absolute Gasteiger partial charge is 0.375 e. The Hall–Kier alpha value is -0.120. The molecular formula is C14H28N2O. The van der Waals surface area contributed by atoms with Gasteiger partial charge in [-0.1, -0.05) is 13.8 Å². The van der Waals surface area contributed by atoms with Gasteiger partial charge in [-0.25, -0.2) is 0 Å². The third-order valence-corrected chi connectivity index (χ3v) is 4.35. The molecule has 0 spiro atoms. The topological polar surface area (TPSA) is 15.7 Å². The molecule has 2 fully saturated rings. The molecule has 0 saturated carbocycles. The molecule has 0 aromatic heterocycles. The summed E-state index contributed by atoms with van der Waals surface area (Å²) in [6, 6.07) is 0. The van der Waals surface area contributed by atoms with Crippen molar-refractivity contribution in [3.05, 3.63) is 0 Å². The Morgan fingerprint density at radius 1 is 0.765 bits per heavy atom. The Bertz CT molecular complexity index is 184. The Morgan fingerprint density at radius 2 is 1.12 bits per heavy atom. The number of rotatable bonds is 4. The van der Waals surface area contributed by atoms with Gasteiger partial charge < -0.3 is 14.5 Å². The minimum Gasteiger partial charge on any atom is -0.375 e. The van der Waals surface area contributed by atoms with E-state index in [4.69, 9.17) is 4.74 Å². The molecule has 100 valence electrons. The van der Waals surface area contributed by atoms with E-state index < -0.39 is 0 Å². The summed E-state index contributed by atoms with van der Waals surface area (Å²) in [6.07, 6.45) is 6.03. The summed E-state index contributed by atoms with van der Waals surface area (Å²) >= 11 is 0. The van der Waals surface area contributed by atoms with Gasteiger partial charge in [0.25, 0.3) is 0 Å². The van der Waals surface area contributed by atoms with E-state index in [9.17, 15) is 0 Å². The molecule has 2 saturated heterocycles. The molecule has 0 N–H and O–H groups in total. The smallest absolute Gasteiger partial charge is 0.0603 e. The molecule has 0 radical (unpaired) electrons. The summed E-state index contributed by atoms with van der Waals surface area (Å²) in [5.41, 5.74) is 0. The molecule has 2 rings (SSSR count). The fourth-order valence-corrected chi connectivity index (χ4v) is 3.00. The van der Waals surface area contributed by atoms with E-state index in [2.05, 4.69) is 23.6 Å². The van der Waals surface area contributed by atoms with Crippen molar-refractivity contribution in [2.45, 2.75) is 51.7 Å². The van der Waals surface area contributed by atoms with Crippen LogP contribution in [0, 0.1) is 0 Å². The Morgan fingerprint density at radius 3 is 1.41 bits per heavy atom. The highest BCUT2D eigenvalue weighted by Crippen LogP contribution is 2.20. The minimum absolute atomic E-state index is 0.538. The highest BCUT2D eigenvalue weighted by atomic mass is 16.5. The lowest BCUT2D eigenvalue weighted by molar-refractivity contribution is -0.0640. The monoisotopic (exact) mass is 240 g/mol. The van der Waals surface area contributed by atoms with Gasteiger partial charge in [-0.15, -0.1) is 0 Å². The van der Waals surface area contributed by atoms with Crippen LogP contribution in [0.15, 0.2) is 0 Å².